The van der Waals surface area contributed by atoms with Crippen LogP contribution in [0.15, 0.2) is 291 Å². The maximum absolute atomic E-state index is 2.44. The van der Waals surface area contributed by atoms with Crippen molar-refractivity contribution in [3.8, 4) is 100 Å². The van der Waals surface area contributed by atoms with Crippen molar-refractivity contribution in [2.45, 2.75) is 19.3 Å². The van der Waals surface area contributed by atoms with Crippen LogP contribution in [0.2, 0.25) is 0 Å². The maximum atomic E-state index is 2.44. The fraction of sp³-hybridized carbons (Fsp3) is 0.0380. The van der Waals surface area contributed by atoms with Gasteiger partial charge in [-0.1, -0.05) is 281 Å². The van der Waals surface area contributed by atoms with Gasteiger partial charge in [-0.25, -0.2) is 0 Å². The summed E-state index contributed by atoms with van der Waals surface area (Å²) in [6.07, 6.45) is 0. The molecule has 0 bridgehead atoms. The third-order valence-electron chi connectivity index (χ3n) is 17.1. The van der Waals surface area contributed by atoms with Gasteiger partial charge < -0.3 is 0 Å². The zero-order valence-corrected chi connectivity index (χ0v) is 44.2. The molecule has 0 heteroatoms. The molecule has 0 saturated heterocycles. The molecule has 0 aromatic heterocycles. The van der Waals surface area contributed by atoms with Crippen molar-refractivity contribution >= 4 is 43.1 Å². The topological polar surface area (TPSA) is 0 Å². The first-order valence-electron chi connectivity index (χ1n) is 27.6. The number of rotatable bonds is 8. The molecule has 1 aliphatic rings. The zero-order chi connectivity index (χ0) is 52.6. The van der Waals surface area contributed by atoms with Gasteiger partial charge in [0.05, 0.1) is 0 Å². The molecule has 14 aromatic rings. The van der Waals surface area contributed by atoms with E-state index in [2.05, 4.69) is 305 Å². The van der Waals surface area contributed by atoms with Gasteiger partial charge in [0.15, 0.2) is 0 Å². The van der Waals surface area contributed by atoms with Crippen molar-refractivity contribution in [2.24, 2.45) is 0 Å². The molecule has 0 unspecified atom stereocenters. The lowest BCUT2D eigenvalue weighted by Crippen LogP contribution is -2.15. The van der Waals surface area contributed by atoms with Gasteiger partial charge in [0.1, 0.15) is 0 Å². The zero-order valence-electron chi connectivity index (χ0n) is 44.2. The van der Waals surface area contributed by atoms with Crippen LogP contribution in [0.4, 0.5) is 0 Å². The third kappa shape index (κ3) is 7.74. The fourth-order valence-electron chi connectivity index (χ4n) is 13.2. The Morgan fingerprint density at radius 2 is 0.405 bits per heavy atom. The Labute approximate surface area is 462 Å². The molecule has 14 aromatic carbocycles. The van der Waals surface area contributed by atoms with Crippen molar-refractivity contribution in [2.75, 3.05) is 0 Å². The summed E-state index contributed by atoms with van der Waals surface area (Å²) in [4.78, 5) is 0. The molecule has 0 atom stereocenters. The normalized spacial score (nSPS) is 12.5. The van der Waals surface area contributed by atoms with E-state index in [0.717, 1.165) is 0 Å². The van der Waals surface area contributed by atoms with Crippen LogP contribution in [0.3, 0.4) is 0 Å². The van der Waals surface area contributed by atoms with Crippen LogP contribution in [-0.2, 0) is 5.41 Å². The molecule has 0 N–H and O–H groups in total. The summed E-state index contributed by atoms with van der Waals surface area (Å²) < 4.78 is 0. The predicted molar refractivity (Wildman–Crippen MR) is 338 cm³/mol. The Kier molecular flexibility index (Phi) is 11.0. The first kappa shape index (κ1) is 46.4. The van der Waals surface area contributed by atoms with E-state index >= 15 is 0 Å². The van der Waals surface area contributed by atoms with E-state index in [1.165, 1.54) is 154 Å². The van der Waals surface area contributed by atoms with Crippen LogP contribution >= 0.6 is 0 Å². The quantitative estimate of drug-likeness (QED) is 0.133. The highest BCUT2D eigenvalue weighted by Gasteiger charge is 2.36. The van der Waals surface area contributed by atoms with E-state index < -0.39 is 0 Å². The molecule has 0 fully saturated rings. The summed E-state index contributed by atoms with van der Waals surface area (Å²) in [6, 6.07) is 108. The Bertz CT molecular complexity index is 4360. The maximum Gasteiger partial charge on any atom is 0.0159 e. The van der Waals surface area contributed by atoms with Crippen LogP contribution in [0.25, 0.3) is 143 Å². The molecule has 0 amide bonds. The summed E-state index contributed by atoms with van der Waals surface area (Å²) in [5.41, 5.74) is 25.0. The fourth-order valence-corrected chi connectivity index (χ4v) is 13.2. The number of fused-ring (bicyclic) bond motifs is 7. The minimum atomic E-state index is -0.175. The molecule has 0 heterocycles. The van der Waals surface area contributed by atoms with Crippen LogP contribution < -0.4 is 0 Å². The summed E-state index contributed by atoms with van der Waals surface area (Å²) >= 11 is 0. The van der Waals surface area contributed by atoms with Gasteiger partial charge in [0, 0.05) is 5.41 Å². The van der Waals surface area contributed by atoms with Crippen LogP contribution in [-0.4, -0.2) is 0 Å². The van der Waals surface area contributed by atoms with Crippen LogP contribution in [0.1, 0.15) is 25.0 Å². The Balaban J connectivity index is 0.740. The van der Waals surface area contributed by atoms with Crippen molar-refractivity contribution in [1.82, 2.24) is 0 Å². The highest BCUT2D eigenvalue weighted by atomic mass is 14.4. The Morgan fingerprint density at radius 1 is 0.177 bits per heavy atom. The van der Waals surface area contributed by atoms with Gasteiger partial charge in [0.25, 0.3) is 0 Å². The average Bonchev–Trinajstić information content (AvgIpc) is 4.02. The predicted octanol–water partition coefficient (Wildman–Crippen LogP) is 21.9. The molecular weight excluding hydrogens is 949 g/mol. The van der Waals surface area contributed by atoms with Crippen LogP contribution in [0.5, 0.6) is 0 Å². The lowest BCUT2D eigenvalue weighted by atomic mass is 9.80. The molecule has 79 heavy (non-hydrogen) atoms. The van der Waals surface area contributed by atoms with E-state index in [-0.39, 0.29) is 5.41 Å². The molecule has 1 aliphatic carbocycles. The number of hydrogen-bond acceptors (Lipinski definition) is 0. The first-order valence-corrected chi connectivity index (χ1v) is 27.6. The minimum Gasteiger partial charge on any atom is -0.0622 e. The van der Waals surface area contributed by atoms with Crippen molar-refractivity contribution in [3.05, 3.63) is 302 Å². The van der Waals surface area contributed by atoms with Gasteiger partial charge in [0.2, 0.25) is 0 Å². The van der Waals surface area contributed by atoms with Crippen molar-refractivity contribution < 1.29 is 0 Å². The second-order valence-corrected chi connectivity index (χ2v) is 21.9. The molecule has 0 saturated carbocycles. The molecular formula is C79H54. The summed E-state index contributed by atoms with van der Waals surface area (Å²) in [5, 5.41) is 10.1. The van der Waals surface area contributed by atoms with E-state index in [4.69, 9.17) is 0 Å². The molecule has 370 valence electrons. The SMILES string of the molecule is CC1(C)c2cc(-c3ccc(-c4ccc5c(-c6ccccc6)c6ccccc6c(-c6ccccc6)c5c4)cc3)ccc2-c2ccc(-c3ccc(-c4ccc5c(-c6ccccc6)c6ccccc6c(-c6ccccc6)c5c4)cc3)cc21. The van der Waals surface area contributed by atoms with E-state index in [0.29, 0.717) is 0 Å². The number of hydrogen-bond donors (Lipinski definition) is 0. The van der Waals surface area contributed by atoms with Crippen molar-refractivity contribution in [1.29, 1.82) is 0 Å². The van der Waals surface area contributed by atoms with Gasteiger partial charge in [-0.15, -0.1) is 0 Å². The molecule has 0 nitrogen and oxygen atoms in total. The second kappa shape index (κ2) is 18.7. The van der Waals surface area contributed by atoms with Crippen LogP contribution in [0, 0.1) is 0 Å². The standard InChI is InChI=1S/C79H54/c1-79(2)73-49-61(53-35-31-51(32-36-53)59-41-45-69-71(47-59)77(57-23-11-5-12-24-57)67-29-17-15-27-65(67)75(69)55-19-7-3-8-20-55)39-43-63(73)64-44-40-62(50-74(64)79)54-37-33-52(34-38-54)60-42-46-70-72(48-60)78(58-25-13-6-14-26-58)68-30-18-16-28-66(68)76(70)56-21-9-4-10-22-56/h3-50H,1-2H3. The molecule has 0 radical (unpaired) electrons. The average molecular weight is 1000 g/mol. The van der Waals surface area contributed by atoms with Gasteiger partial charge in [-0.2, -0.15) is 0 Å². The van der Waals surface area contributed by atoms with Gasteiger partial charge in [-0.05, 0) is 179 Å². The highest BCUT2D eigenvalue weighted by Crippen LogP contribution is 2.52. The molecule has 0 aliphatic heterocycles. The largest absolute Gasteiger partial charge is 0.0622 e. The second-order valence-electron chi connectivity index (χ2n) is 21.9. The smallest absolute Gasteiger partial charge is 0.0159 e. The summed E-state index contributed by atoms with van der Waals surface area (Å²) in [5.74, 6) is 0. The van der Waals surface area contributed by atoms with E-state index in [1.807, 2.05) is 0 Å². The lowest BCUT2D eigenvalue weighted by molar-refractivity contribution is 0.661. The number of benzene rings is 14. The Hall–Kier alpha value is -9.88. The summed E-state index contributed by atoms with van der Waals surface area (Å²) in [6.45, 7) is 4.78. The third-order valence-corrected chi connectivity index (χ3v) is 17.1. The summed E-state index contributed by atoms with van der Waals surface area (Å²) in [7, 11) is 0. The monoisotopic (exact) mass is 1000 g/mol. The molecule has 15 rings (SSSR count). The first-order chi connectivity index (χ1) is 38.9. The Morgan fingerprint density at radius 3 is 0.709 bits per heavy atom. The minimum absolute atomic E-state index is 0.175. The van der Waals surface area contributed by atoms with E-state index in [1.54, 1.807) is 0 Å². The van der Waals surface area contributed by atoms with E-state index in [9.17, 15) is 0 Å². The van der Waals surface area contributed by atoms with Crippen molar-refractivity contribution in [3.63, 3.8) is 0 Å². The lowest BCUT2D eigenvalue weighted by Gasteiger charge is -2.23. The van der Waals surface area contributed by atoms with Gasteiger partial charge in [-0.3, -0.25) is 0 Å². The molecule has 0 spiro atoms. The highest BCUT2D eigenvalue weighted by molar-refractivity contribution is 6.23. The van der Waals surface area contributed by atoms with Gasteiger partial charge >= 0.3 is 0 Å².